The number of carboxylic acids is 1. The minimum atomic E-state index is -1.35. The van der Waals surface area contributed by atoms with E-state index in [2.05, 4.69) is 15.9 Å². The number of anilines is 1. The molecule has 0 saturated heterocycles. The molecule has 9 heteroatoms. The highest BCUT2D eigenvalue weighted by atomic mass is 79.9. The van der Waals surface area contributed by atoms with Gasteiger partial charge in [-0.15, -0.1) is 0 Å². The summed E-state index contributed by atoms with van der Waals surface area (Å²) in [6, 6.07) is -0.774. The van der Waals surface area contributed by atoms with Crippen LogP contribution in [0.15, 0.2) is 16.6 Å². The molecule has 0 aliphatic heterocycles. The molecular weight excluding hydrogens is 342 g/mol. The Kier molecular flexibility index (Phi) is 5.83. The topological polar surface area (TPSA) is 98.7 Å². The van der Waals surface area contributed by atoms with Gasteiger partial charge in [-0.2, -0.15) is 0 Å². The van der Waals surface area contributed by atoms with Gasteiger partial charge in [0.1, 0.15) is 17.7 Å². The number of aliphatic hydroxyl groups is 1. The van der Waals surface area contributed by atoms with Gasteiger partial charge in [-0.3, -0.25) is 0 Å². The van der Waals surface area contributed by atoms with Crippen molar-refractivity contribution in [2.24, 2.45) is 0 Å². The maximum atomic E-state index is 13.4. The lowest BCUT2D eigenvalue weighted by molar-refractivity contribution is -0.139. The van der Waals surface area contributed by atoms with Crippen LogP contribution in [0.3, 0.4) is 0 Å². The van der Waals surface area contributed by atoms with Gasteiger partial charge in [0.25, 0.3) is 0 Å². The molecule has 0 saturated carbocycles. The summed E-state index contributed by atoms with van der Waals surface area (Å²) in [6.45, 7) is -0.446. The van der Waals surface area contributed by atoms with Crippen molar-refractivity contribution in [1.82, 2.24) is 5.32 Å². The number of carbonyl (C=O) groups excluding carboxylic acids is 1. The number of aliphatic carboxylic acids is 1. The van der Waals surface area contributed by atoms with Crippen molar-refractivity contribution in [1.29, 1.82) is 0 Å². The lowest BCUT2D eigenvalue weighted by Gasteiger charge is -2.14. The van der Waals surface area contributed by atoms with E-state index in [4.69, 9.17) is 10.2 Å². The normalized spacial score (nSPS) is 11.8. The molecule has 0 unspecified atom stereocenters. The Morgan fingerprint density at radius 1 is 1.30 bits per heavy atom. The first-order valence-electron chi connectivity index (χ1n) is 5.41. The zero-order valence-corrected chi connectivity index (χ0v) is 11.6. The fraction of sp³-hybridized carbons (Fsp3) is 0.273. The Labute approximate surface area is 120 Å². The average Bonchev–Trinajstić information content (AvgIpc) is 2.35. The van der Waals surface area contributed by atoms with Gasteiger partial charge in [0, 0.05) is 19.1 Å². The van der Waals surface area contributed by atoms with E-state index in [1.54, 1.807) is 0 Å². The molecule has 6 nitrogen and oxygen atoms in total. The van der Waals surface area contributed by atoms with Crippen LogP contribution in [0.5, 0.6) is 0 Å². The van der Waals surface area contributed by atoms with Crippen molar-refractivity contribution in [3.8, 4) is 0 Å². The van der Waals surface area contributed by atoms with Crippen LogP contribution in [0.25, 0.3) is 0 Å². The first-order valence-corrected chi connectivity index (χ1v) is 6.20. The number of aliphatic hydroxyl groups excluding tert-OH is 1. The number of hydrogen-bond acceptors (Lipinski definition) is 3. The van der Waals surface area contributed by atoms with Crippen LogP contribution in [-0.2, 0) is 4.79 Å². The van der Waals surface area contributed by atoms with Crippen LogP contribution < -0.4 is 10.6 Å². The fourth-order valence-electron chi connectivity index (χ4n) is 1.32. The second-order valence-corrected chi connectivity index (χ2v) is 4.60. The molecule has 0 bridgehead atoms. The molecule has 110 valence electrons. The van der Waals surface area contributed by atoms with Gasteiger partial charge in [0.2, 0.25) is 0 Å². The molecule has 0 fully saturated rings. The molecule has 1 atom stereocenters. The van der Waals surface area contributed by atoms with Gasteiger partial charge in [0.05, 0.1) is 10.2 Å². The van der Waals surface area contributed by atoms with E-state index in [0.29, 0.717) is 0 Å². The highest BCUT2D eigenvalue weighted by Gasteiger charge is 2.20. The number of urea groups is 1. The van der Waals surface area contributed by atoms with Crippen molar-refractivity contribution < 1.29 is 28.6 Å². The summed E-state index contributed by atoms with van der Waals surface area (Å²) in [5.41, 5.74) is -0.434. The molecular formula is C11H11BrF2N2O4. The molecule has 0 spiro atoms. The first-order chi connectivity index (χ1) is 9.35. The molecule has 20 heavy (non-hydrogen) atoms. The molecule has 0 radical (unpaired) electrons. The summed E-state index contributed by atoms with van der Waals surface area (Å²) < 4.78 is 26.5. The number of benzene rings is 1. The molecule has 4 N–H and O–H groups in total. The Hall–Kier alpha value is -1.74. The van der Waals surface area contributed by atoms with Gasteiger partial charge in [-0.1, -0.05) is 0 Å². The van der Waals surface area contributed by atoms with Crippen LogP contribution in [0.1, 0.15) is 6.42 Å². The van der Waals surface area contributed by atoms with E-state index in [1.165, 1.54) is 0 Å². The second kappa shape index (κ2) is 7.15. The van der Waals surface area contributed by atoms with Gasteiger partial charge in [-0.05, 0) is 22.0 Å². The van der Waals surface area contributed by atoms with Gasteiger partial charge < -0.3 is 20.8 Å². The summed E-state index contributed by atoms with van der Waals surface area (Å²) in [4.78, 5) is 22.2. The summed E-state index contributed by atoms with van der Waals surface area (Å²) in [5.74, 6) is -3.02. The largest absolute Gasteiger partial charge is 0.480 e. The van der Waals surface area contributed by atoms with E-state index >= 15 is 0 Å². The second-order valence-electron chi connectivity index (χ2n) is 3.75. The number of carbonyl (C=O) groups is 2. The Balaban J connectivity index is 2.75. The van der Waals surface area contributed by atoms with E-state index in [0.717, 1.165) is 12.1 Å². The maximum absolute atomic E-state index is 13.4. The van der Waals surface area contributed by atoms with Crippen LogP contribution in [0, 0.1) is 11.6 Å². The summed E-state index contributed by atoms with van der Waals surface area (Å²) in [6.07, 6.45) is -0.208. The molecule has 0 aliphatic rings. The summed E-state index contributed by atoms with van der Waals surface area (Å²) in [7, 11) is 0. The Bertz CT molecular complexity index is 527. The average molecular weight is 353 g/mol. The minimum Gasteiger partial charge on any atom is -0.480 e. The maximum Gasteiger partial charge on any atom is 0.326 e. The van der Waals surface area contributed by atoms with Crippen LogP contribution in [0.2, 0.25) is 0 Å². The number of nitrogens with one attached hydrogen (secondary N) is 2. The predicted molar refractivity (Wildman–Crippen MR) is 69.3 cm³/mol. The third-order valence-corrected chi connectivity index (χ3v) is 2.89. The van der Waals surface area contributed by atoms with Crippen LogP contribution in [0.4, 0.5) is 19.3 Å². The number of halogens is 3. The molecule has 0 aromatic heterocycles. The Morgan fingerprint density at radius 2 is 1.95 bits per heavy atom. The van der Waals surface area contributed by atoms with Gasteiger partial charge in [-0.25, -0.2) is 18.4 Å². The van der Waals surface area contributed by atoms with Gasteiger partial charge in [0.15, 0.2) is 0 Å². The van der Waals surface area contributed by atoms with E-state index in [-0.39, 0.29) is 10.9 Å². The van der Waals surface area contributed by atoms with Crippen LogP contribution in [-0.4, -0.2) is 34.9 Å². The van der Waals surface area contributed by atoms with Crippen molar-refractivity contribution in [3.05, 3.63) is 28.2 Å². The molecule has 2 amide bonds. The SMILES string of the molecule is O=C(Nc1cc(F)c(Br)cc1F)N[C@@H](CCO)C(=O)O. The van der Waals surface area contributed by atoms with Crippen molar-refractivity contribution in [3.63, 3.8) is 0 Å². The van der Waals surface area contributed by atoms with Crippen molar-refractivity contribution in [2.45, 2.75) is 12.5 Å². The lowest BCUT2D eigenvalue weighted by atomic mass is 10.2. The van der Waals surface area contributed by atoms with Crippen molar-refractivity contribution in [2.75, 3.05) is 11.9 Å². The quantitative estimate of drug-likeness (QED) is 0.606. The van der Waals surface area contributed by atoms with E-state index in [1.807, 2.05) is 10.6 Å². The zero-order valence-electron chi connectivity index (χ0n) is 9.99. The zero-order chi connectivity index (χ0) is 15.3. The third kappa shape index (κ3) is 4.42. The number of hydrogen-bond donors (Lipinski definition) is 4. The fourth-order valence-corrected chi connectivity index (χ4v) is 1.64. The Morgan fingerprint density at radius 3 is 2.50 bits per heavy atom. The number of rotatable bonds is 5. The van der Waals surface area contributed by atoms with Crippen LogP contribution >= 0.6 is 15.9 Å². The van der Waals surface area contributed by atoms with E-state index in [9.17, 15) is 18.4 Å². The summed E-state index contributed by atoms with van der Waals surface area (Å²) >= 11 is 2.78. The highest BCUT2D eigenvalue weighted by molar-refractivity contribution is 9.10. The standard InChI is InChI=1S/C11H11BrF2N2O4/c12-5-3-7(14)9(4-6(5)13)16-11(20)15-8(1-2-17)10(18)19/h3-4,8,17H,1-2H2,(H,18,19)(H2,15,16,20)/t8-/m0/s1. The lowest BCUT2D eigenvalue weighted by Crippen LogP contribution is -2.43. The highest BCUT2D eigenvalue weighted by Crippen LogP contribution is 2.23. The molecule has 1 rings (SSSR count). The molecule has 0 aliphatic carbocycles. The number of carboxylic acid groups (broad SMARTS) is 1. The third-order valence-electron chi connectivity index (χ3n) is 2.28. The van der Waals surface area contributed by atoms with Gasteiger partial charge >= 0.3 is 12.0 Å². The van der Waals surface area contributed by atoms with E-state index < -0.39 is 42.0 Å². The smallest absolute Gasteiger partial charge is 0.326 e. The number of amides is 2. The first kappa shape index (κ1) is 16.3. The molecule has 1 aromatic carbocycles. The minimum absolute atomic E-state index is 0.107. The monoisotopic (exact) mass is 352 g/mol. The molecule has 0 heterocycles. The predicted octanol–water partition coefficient (Wildman–Crippen LogP) is 1.68. The van der Waals surface area contributed by atoms with Crippen molar-refractivity contribution >= 4 is 33.6 Å². The summed E-state index contributed by atoms with van der Waals surface area (Å²) in [5, 5.41) is 21.4. The molecule has 1 aromatic rings.